The molecular formula is C26H28F4N2O4. The fourth-order valence-corrected chi connectivity index (χ4v) is 4.27. The molecule has 1 atom stereocenters. The summed E-state index contributed by atoms with van der Waals surface area (Å²) in [7, 11) is 0. The number of halogens is 4. The van der Waals surface area contributed by atoms with Gasteiger partial charge in [0.15, 0.2) is 0 Å². The van der Waals surface area contributed by atoms with Crippen molar-refractivity contribution in [2.45, 2.75) is 50.7 Å². The number of piperidine rings is 1. The molecule has 2 N–H and O–H groups in total. The molecule has 0 spiro atoms. The molecule has 2 aromatic rings. The molecule has 0 radical (unpaired) electrons. The number of likely N-dealkylation sites (tertiary alicyclic amines) is 1. The zero-order chi connectivity index (χ0) is 26.3. The fourth-order valence-electron chi connectivity index (χ4n) is 4.27. The normalized spacial score (nSPS) is 15.4. The first kappa shape index (κ1) is 27.2. The molecule has 0 unspecified atom stereocenters. The van der Waals surface area contributed by atoms with Gasteiger partial charge in [0.1, 0.15) is 11.9 Å². The van der Waals surface area contributed by atoms with Crippen LogP contribution in [-0.2, 0) is 33.4 Å². The van der Waals surface area contributed by atoms with E-state index < -0.39 is 29.7 Å². The first-order valence-electron chi connectivity index (χ1n) is 11.7. The van der Waals surface area contributed by atoms with Crippen LogP contribution in [0.25, 0.3) is 0 Å². The summed E-state index contributed by atoms with van der Waals surface area (Å²) >= 11 is 0. The van der Waals surface area contributed by atoms with E-state index in [2.05, 4.69) is 5.32 Å². The van der Waals surface area contributed by atoms with Gasteiger partial charge in [0, 0.05) is 32.4 Å². The quantitative estimate of drug-likeness (QED) is 0.497. The summed E-state index contributed by atoms with van der Waals surface area (Å²) in [6.45, 7) is 0.960. The average molecular weight is 509 g/mol. The van der Waals surface area contributed by atoms with Crippen LogP contribution < -0.4 is 5.32 Å². The van der Waals surface area contributed by atoms with E-state index in [4.69, 9.17) is 0 Å². The van der Waals surface area contributed by atoms with Crippen molar-refractivity contribution in [2.24, 2.45) is 5.92 Å². The van der Waals surface area contributed by atoms with Gasteiger partial charge in [-0.15, -0.1) is 0 Å². The molecule has 1 saturated heterocycles. The van der Waals surface area contributed by atoms with E-state index in [0.29, 0.717) is 37.9 Å². The molecule has 1 heterocycles. The summed E-state index contributed by atoms with van der Waals surface area (Å²) in [4.78, 5) is 38.3. The molecule has 0 bridgehead atoms. The van der Waals surface area contributed by atoms with Crippen molar-refractivity contribution in [3.63, 3.8) is 0 Å². The van der Waals surface area contributed by atoms with Gasteiger partial charge in [-0.05, 0) is 60.6 Å². The minimum atomic E-state index is -4.49. The maximum Gasteiger partial charge on any atom is 0.416 e. The number of hydrogen-bond acceptors (Lipinski definition) is 3. The standard InChI is InChI=1S/C26H28F4N2O4/c27-21-3-1-2-17(14-21)6-9-24(34)32-12-10-19(11-13-32)16-23(33)31-22(25(35)36)15-18-4-7-20(8-5-18)26(28,29)30/h1-5,7-8,14,19,22H,6,9-13,15-16H2,(H,31,33)(H,35,36)/t22-/m0/s1. The number of aryl methyl sites for hydroxylation is 1. The van der Waals surface area contributed by atoms with Crippen molar-refractivity contribution >= 4 is 17.8 Å². The van der Waals surface area contributed by atoms with E-state index in [1.165, 1.54) is 24.3 Å². The molecule has 2 amide bonds. The van der Waals surface area contributed by atoms with Crippen molar-refractivity contribution in [3.05, 3.63) is 71.0 Å². The van der Waals surface area contributed by atoms with Crippen molar-refractivity contribution in [1.29, 1.82) is 0 Å². The third-order valence-electron chi connectivity index (χ3n) is 6.31. The lowest BCUT2D eigenvalue weighted by atomic mass is 9.92. The number of carbonyl (C=O) groups is 3. The van der Waals surface area contributed by atoms with Crippen LogP contribution in [0.3, 0.4) is 0 Å². The van der Waals surface area contributed by atoms with Crippen LogP contribution in [-0.4, -0.2) is 46.9 Å². The molecule has 1 aliphatic rings. The molecule has 194 valence electrons. The Balaban J connectivity index is 1.43. The van der Waals surface area contributed by atoms with E-state index >= 15 is 0 Å². The molecule has 1 aliphatic heterocycles. The predicted octanol–water partition coefficient (Wildman–Crippen LogP) is 4.22. The Hall–Kier alpha value is -3.43. The summed E-state index contributed by atoms with van der Waals surface area (Å²) in [5.74, 6) is -2.13. The van der Waals surface area contributed by atoms with Crippen LogP contribution in [0.2, 0.25) is 0 Å². The molecule has 36 heavy (non-hydrogen) atoms. The highest BCUT2D eigenvalue weighted by Gasteiger charge is 2.30. The third kappa shape index (κ3) is 8.07. The minimum absolute atomic E-state index is 0.0159. The van der Waals surface area contributed by atoms with Crippen LogP contribution in [0.4, 0.5) is 17.6 Å². The molecule has 2 aromatic carbocycles. The molecule has 0 saturated carbocycles. The minimum Gasteiger partial charge on any atom is -0.480 e. The number of carbonyl (C=O) groups excluding carboxylic acids is 2. The van der Waals surface area contributed by atoms with Gasteiger partial charge in [-0.25, -0.2) is 9.18 Å². The van der Waals surface area contributed by atoms with Gasteiger partial charge in [-0.3, -0.25) is 9.59 Å². The first-order chi connectivity index (χ1) is 17.0. The number of nitrogens with one attached hydrogen (secondary N) is 1. The SMILES string of the molecule is O=C(CC1CCN(C(=O)CCc2cccc(F)c2)CC1)N[C@@H](Cc1ccc(C(F)(F)F)cc1)C(=O)O. The predicted molar refractivity (Wildman–Crippen MR) is 123 cm³/mol. The Labute approximate surface area is 206 Å². The highest BCUT2D eigenvalue weighted by atomic mass is 19.4. The van der Waals surface area contributed by atoms with Gasteiger partial charge in [-0.2, -0.15) is 13.2 Å². The maximum absolute atomic E-state index is 13.3. The van der Waals surface area contributed by atoms with Crippen molar-refractivity contribution in [2.75, 3.05) is 13.1 Å². The number of aliphatic carboxylic acids is 1. The lowest BCUT2D eigenvalue weighted by molar-refractivity contribution is -0.142. The number of alkyl halides is 3. The smallest absolute Gasteiger partial charge is 0.416 e. The van der Waals surface area contributed by atoms with Gasteiger partial charge in [0.2, 0.25) is 11.8 Å². The van der Waals surface area contributed by atoms with E-state index in [9.17, 15) is 37.1 Å². The lowest BCUT2D eigenvalue weighted by Gasteiger charge is -2.32. The summed E-state index contributed by atoms with van der Waals surface area (Å²) < 4.78 is 51.4. The van der Waals surface area contributed by atoms with Gasteiger partial charge in [0.25, 0.3) is 0 Å². The summed E-state index contributed by atoms with van der Waals surface area (Å²) in [6, 6.07) is 9.01. The third-order valence-corrected chi connectivity index (χ3v) is 6.31. The van der Waals surface area contributed by atoms with Gasteiger partial charge >= 0.3 is 12.1 Å². The van der Waals surface area contributed by atoms with Crippen LogP contribution in [0.1, 0.15) is 42.4 Å². The van der Waals surface area contributed by atoms with E-state index in [1.807, 2.05) is 0 Å². The first-order valence-corrected chi connectivity index (χ1v) is 11.7. The molecule has 0 aromatic heterocycles. The van der Waals surface area contributed by atoms with E-state index in [1.54, 1.807) is 17.0 Å². The molecule has 3 rings (SSSR count). The monoisotopic (exact) mass is 508 g/mol. The van der Waals surface area contributed by atoms with E-state index in [0.717, 1.165) is 17.7 Å². The number of benzene rings is 2. The van der Waals surface area contributed by atoms with Crippen molar-refractivity contribution < 1.29 is 37.1 Å². The Kier molecular flexibility index (Phi) is 9.06. The topological polar surface area (TPSA) is 86.7 Å². The second-order valence-electron chi connectivity index (χ2n) is 9.02. The highest BCUT2D eigenvalue weighted by Crippen LogP contribution is 2.29. The largest absolute Gasteiger partial charge is 0.480 e. The average Bonchev–Trinajstić information content (AvgIpc) is 2.82. The Morgan fingerprint density at radius 3 is 2.28 bits per heavy atom. The Morgan fingerprint density at radius 2 is 1.69 bits per heavy atom. The number of carboxylic acids is 1. The number of amides is 2. The second kappa shape index (κ2) is 12.0. The van der Waals surface area contributed by atoms with Gasteiger partial charge in [-0.1, -0.05) is 24.3 Å². The molecule has 1 fully saturated rings. The zero-order valence-electron chi connectivity index (χ0n) is 19.6. The van der Waals surface area contributed by atoms with Crippen LogP contribution in [0.15, 0.2) is 48.5 Å². The Bertz CT molecular complexity index is 1060. The maximum atomic E-state index is 13.3. The molecule has 10 heteroatoms. The Morgan fingerprint density at radius 1 is 1.03 bits per heavy atom. The van der Waals surface area contributed by atoms with Crippen molar-refractivity contribution in [3.8, 4) is 0 Å². The molecule has 0 aliphatic carbocycles. The molecule has 6 nitrogen and oxygen atoms in total. The van der Waals surface area contributed by atoms with E-state index in [-0.39, 0.29) is 36.9 Å². The number of rotatable bonds is 9. The van der Waals surface area contributed by atoms with Gasteiger partial charge < -0.3 is 15.3 Å². The summed E-state index contributed by atoms with van der Waals surface area (Å²) in [5, 5.41) is 11.9. The van der Waals surface area contributed by atoms with Crippen LogP contribution in [0, 0.1) is 11.7 Å². The fraction of sp³-hybridized carbons (Fsp3) is 0.423. The highest BCUT2D eigenvalue weighted by molar-refractivity contribution is 5.84. The zero-order valence-corrected chi connectivity index (χ0v) is 19.6. The number of carboxylic acid groups (broad SMARTS) is 1. The van der Waals surface area contributed by atoms with Gasteiger partial charge in [0.05, 0.1) is 5.56 Å². The lowest BCUT2D eigenvalue weighted by Crippen LogP contribution is -2.44. The number of nitrogens with zero attached hydrogens (tertiary/aromatic N) is 1. The van der Waals surface area contributed by atoms with Crippen molar-refractivity contribution in [1.82, 2.24) is 10.2 Å². The van der Waals surface area contributed by atoms with Crippen LogP contribution in [0.5, 0.6) is 0 Å². The number of hydrogen-bond donors (Lipinski definition) is 2. The molecular weight excluding hydrogens is 480 g/mol. The summed E-state index contributed by atoms with van der Waals surface area (Å²) in [5.41, 5.74) is 0.279. The van der Waals surface area contributed by atoms with Crippen LogP contribution >= 0.6 is 0 Å². The summed E-state index contributed by atoms with van der Waals surface area (Å²) in [6.07, 6.45) is -2.64. The second-order valence-corrected chi connectivity index (χ2v) is 9.02.